The molecule has 122 valence electrons. The molecule has 1 aliphatic carbocycles. The minimum atomic E-state index is -1.39. The van der Waals surface area contributed by atoms with Crippen LogP contribution in [-0.4, -0.2) is 63.8 Å². The summed E-state index contributed by atoms with van der Waals surface area (Å²) in [5.74, 6) is 0. The summed E-state index contributed by atoms with van der Waals surface area (Å²) < 4.78 is 11.2. The van der Waals surface area contributed by atoms with Crippen LogP contribution < -0.4 is 0 Å². The van der Waals surface area contributed by atoms with E-state index in [0.29, 0.717) is 0 Å². The lowest BCUT2D eigenvalue weighted by Gasteiger charge is -2.42. The number of hydrogen-bond donors (Lipinski definition) is 4. The van der Waals surface area contributed by atoms with Crippen molar-refractivity contribution in [2.75, 3.05) is 6.61 Å². The van der Waals surface area contributed by atoms with Gasteiger partial charge in [0.05, 0.1) is 12.7 Å². The van der Waals surface area contributed by atoms with Crippen LogP contribution in [-0.2, 0) is 9.47 Å². The van der Waals surface area contributed by atoms with Crippen molar-refractivity contribution in [2.24, 2.45) is 5.41 Å². The third-order valence-electron chi connectivity index (χ3n) is 4.12. The monoisotopic (exact) mass is 302 g/mol. The zero-order valence-electron chi connectivity index (χ0n) is 12.8. The van der Waals surface area contributed by atoms with E-state index in [-0.39, 0.29) is 11.5 Å². The minimum absolute atomic E-state index is 0.00112. The second-order valence-corrected chi connectivity index (χ2v) is 6.84. The molecule has 0 radical (unpaired) electrons. The van der Waals surface area contributed by atoms with Gasteiger partial charge in [-0.2, -0.15) is 0 Å². The molecule has 2 rings (SSSR count). The summed E-state index contributed by atoms with van der Waals surface area (Å²) in [6.07, 6.45) is -2.47. The van der Waals surface area contributed by atoms with Crippen LogP contribution in [0.4, 0.5) is 0 Å². The predicted octanol–water partition coefficient (Wildman–Crippen LogP) is -0.0622. The molecule has 0 aromatic carbocycles. The predicted molar refractivity (Wildman–Crippen MR) is 75.4 cm³/mol. The van der Waals surface area contributed by atoms with Crippen molar-refractivity contribution in [3.05, 3.63) is 11.6 Å². The van der Waals surface area contributed by atoms with E-state index in [1.165, 1.54) is 5.57 Å². The van der Waals surface area contributed by atoms with Gasteiger partial charge in [-0.15, -0.1) is 0 Å². The molecule has 0 saturated carbocycles. The number of hydrogen-bond acceptors (Lipinski definition) is 6. The fourth-order valence-electron chi connectivity index (χ4n) is 3.27. The molecule has 0 aromatic rings. The zero-order valence-corrected chi connectivity index (χ0v) is 12.8. The highest BCUT2D eigenvalue weighted by atomic mass is 16.7. The SMILES string of the molecule is CC1=CC(C)(C)CC(OC2OC(CO)C(O)C(O)C2O)C1. The molecular formula is C15H26O6. The highest BCUT2D eigenvalue weighted by molar-refractivity contribution is 5.11. The third kappa shape index (κ3) is 3.83. The molecule has 2 aliphatic rings. The molecule has 0 aromatic heterocycles. The topological polar surface area (TPSA) is 99.4 Å². The maximum Gasteiger partial charge on any atom is 0.186 e. The van der Waals surface area contributed by atoms with Gasteiger partial charge in [-0.25, -0.2) is 0 Å². The second-order valence-electron chi connectivity index (χ2n) is 6.84. The number of aliphatic hydroxyl groups excluding tert-OH is 4. The summed E-state index contributed by atoms with van der Waals surface area (Å²) in [6.45, 7) is 5.81. The van der Waals surface area contributed by atoms with E-state index in [4.69, 9.17) is 9.47 Å². The van der Waals surface area contributed by atoms with Gasteiger partial charge in [0.2, 0.25) is 0 Å². The average molecular weight is 302 g/mol. The second kappa shape index (κ2) is 6.32. The number of rotatable bonds is 3. The third-order valence-corrected chi connectivity index (χ3v) is 4.12. The van der Waals surface area contributed by atoms with Crippen LogP contribution in [0, 0.1) is 5.41 Å². The van der Waals surface area contributed by atoms with Crippen LogP contribution >= 0.6 is 0 Å². The van der Waals surface area contributed by atoms with Gasteiger partial charge in [0.1, 0.15) is 24.4 Å². The lowest BCUT2D eigenvalue weighted by molar-refractivity contribution is -0.312. The first kappa shape index (κ1) is 16.9. The van der Waals surface area contributed by atoms with Crippen LogP contribution in [0.3, 0.4) is 0 Å². The Balaban J connectivity index is 2.03. The maximum atomic E-state index is 9.99. The van der Waals surface area contributed by atoms with Crippen molar-refractivity contribution in [1.29, 1.82) is 0 Å². The van der Waals surface area contributed by atoms with Gasteiger partial charge in [-0.1, -0.05) is 25.5 Å². The molecule has 21 heavy (non-hydrogen) atoms. The van der Waals surface area contributed by atoms with Gasteiger partial charge >= 0.3 is 0 Å². The molecule has 6 unspecified atom stereocenters. The van der Waals surface area contributed by atoms with E-state index in [1.54, 1.807) is 0 Å². The minimum Gasteiger partial charge on any atom is -0.394 e. The van der Waals surface area contributed by atoms with E-state index in [2.05, 4.69) is 19.9 Å². The fourth-order valence-corrected chi connectivity index (χ4v) is 3.27. The molecule has 0 amide bonds. The van der Waals surface area contributed by atoms with E-state index < -0.39 is 37.3 Å². The molecule has 6 nitrogen and oxygen atoms in total. The summed E-state index contributed by atoms with van der Waals surface area (Å²) in [5.41, 5.74) is 1.21. The fraction of sp³-hybridized carbons (Fsp3) is 0.867. The van der Waals surface area contributed by atoms with Gasteiger partial charge in [0, 0.05) is 0 Å². The first-order chi connectivity index (χ1) is 9.73. The molecule has 6 heteroatoms. The van der Waals surface area contributed by atoms with Crippen molar-refractivity contribution in [3.63, 3.8) is 0 Å². The molecule has 1 aliphatic heterocycles. The molecule has 6 atom stereocenters. The highest BCUT2D eigenvalue weighted by Crippen LogP contribution is 2.36. The zero-order chi connectivity index (χ0) is 15.8. The normalized spacial score (nSPS) is 43.5. The Morgan fingerprint density at radius 3 is 2.48 bits per heavy atom. The summed E-state index contributed by atoms with van der Waals surface area (Å²) in [7, 11) is 0. The van der Waals surface area contributed by atoms with Crippen LogP contribution in [0.15, 0.2) is 11.6 Å². The lowest BCUT2D eigenvalue weighted by atomic mass is 9.78. The molecule has 4 N–H and O–H groups in total. The van der Waals surface area contributed by atoms with Crippen molar-refractivity contribution < 1.29 is 29.9 Å². The Labute approximate surface area is 125 Å². The van der Waals surface area contributed by atoms with Gasteiger partial charge in [-0.05, 0) is 25.2 Å². The maximum absolute atomic E-state index is 9.99. The van der Waals surface area contributed by atoms with E-state index in [9.17, 15) is 20.4 Å². The van der Waals surface area contributed by atoms with Crippen LogP contribution in [0.25, 0.3) is 0 Å². The van der Waals surface area contributed by atoms with Crippen molar-refractivity contribution in [3.8, 4) is 0 Å². The number of aliphatic hydroxyl groups is 4. The van der Waals surface area contributed by atoms with Gasteiger partial charge in [-0.3, -0.25) is 0 Å². The van der Waals surface area contributed by atoms with Crippen LogP contribution in [0.1, 0.15) is 33.6 Å². The molecular weight excluding hydrogens is 276 g/mol. The molecule has 0 spiro atoms. The first-order valence-corrected chi connectivity index (χ1v) is 7.38. The van der Waals surface area contributed by atoms with Gasteiger partial charge in [0.15, 0.2) is 6.29 Å². The molecule has 0 bridgehead atoms. The van der Waals surface area contributed by atoms with E-state index >= 15 is 0 Å². The first-order valence-electron chi connectivity index (χ1n) is 7.38. The van der Waals surface area contributed by atoms with Gasteiger partial charge in [0.25, 0.3) is 0 Å². The number of ether oxygens (including phenoxy) is 2. The Hall–Kier alpha value is -0.500. The Morgan fingerprint density at radius 1 is 1.24 bits per heavy atom. The highest BCUT2D eigenvalue weighted by Gasteiger charge is 2.45. The van der Waals surface area contributed by atoms with Crippen LogP contribution in [0.5, 0.6) is 0 Å². The molecule has 1 saturated heterocycles. The summed E-state index contributed by atoms with van der Waals surface area (Å²) in [5, 5.41) is 38.7. The van der Waals surface area contributed by atoms with Crippen molar-refractivity contribution in [2.45, 2.75) is 70.4 Å². The smallest absolute Gasteiger partial charge is 0.186 e. The standard InChI is InChI=1S/C15H26O6/c1-8-4-9(6-15(2,3)5-8)20-14-13(19)12(18)11(17)10(7-16)21-14/h5,9-14,16-19H,4,6-7H2,1-3H3. The van der Waals surface area contributed by atoms with Crippen molar-refractivity contribution >= 4 is 0 Å². The molecule has 1 heterocycles. The van der Waals surface area contributed by atoms with Crippen molar-refractivity contribution in [1.82, 2.24) is 0 Å². The Morgan fingerprint density at radius 2 is 1.90 bits per heavy atom. The molecule has 1 fully saturated rings. The Bertz CT molecular complexity index is 392. The average Bonchev–Trinajstić information content (AvgIpc) is 2.37. The summed E-state index contributed by atoms with van der Waals surface area (Å²) in [4.78, 5) is 0. The Kier molecular flexibility index (Phi) is 5.07. The quantitative estimate of drug-likeness (QED) is 0.545. The van der Waals surface area contributed by atoms with Crippen LogP contribution in [0.2, 0.25) is 0 Å². The van der Waals surface area contributed by atoms with E-state index in [0.717, 1.165) is 12.8 Å². The van der Waals surface area contributed by atoms with E-state index in [1.807, 2.05) is 6.92 Å². The summed E-state index contributed by atoms with van der Waals surface area (Å²) in [6, 6.07) is 0. The lowest BCUT2D eigenvalue weighted by Crippen LogP contribution is -2.59. The number of allylic oxidation sites excluding steroid dienone is 1. The largest absolute Gasteiger partial charge is 0.394 e. The summed E-state index contributed by atoms with van der Waals surface area (Å²) >= 11 is 0. The van der Waals surface area contributed by atoms with Gasteiger partial charge < -0.3 is 29.9 Å².